The van der Waals surface area contributed by atoms with Crippen LogP contribution in [0.15, 0.2) is 4.58 Å². The van der Waals surface area contributed by atoms with E-state index in [1.807, 2.05) is 0 Å². The van der Waals surface area contributed by atoms with E-state index >= 15 is 0 Å². The van der Waals surface area contributed by atoms with Crippen molar-refractivity contribution in [3.05, 3.63) is 4.91 Å². The van der Waals surface area contributed by atoms with Crippen LogP contribution >= 0.6 is 11.9 Å². The number of carboxylic acids is 1. The Morgan fingerprint density at radius 3 is 2.62 bits per heavy atom. The van der Waals surface area contributed by atoms with Gasteiger partial charge in [-0.1, -0.05) is 0 Å². The highest BCUT2D eigenvalue weighted by Gasteiger charge is 2.17. The van der Waals surface area contributed by atoms with Crippen LogP contribution in [0.1, 0.15) is 13.3 Å². The third-order valence-corrected chi connectivity index (χ3v) is 1.75. The smallest absolute Gasteiger partial charge is 0.326 e. The van der Waals surface area contributed by atoms with Gasteiger partial charge in [-0.2, -0.15) is 0 Å². The summed E-state index contributed by atoms with van der Waals surface area (Å²) in [4.78, 5) is 30.7. The molecule has 0 fully saturated rings. The lowest BCUT2D eigenvalue weighted by Gasteiger charge is -2.10. The first-order chi connectivity index (χ1) is 6.07. The molecule has 1 atom stereocenters. The van der Waals surface area contributed by atoms with Crippen molar-refractivity contribution in [2.45, 2.75) is 19.4 Å². The molecule has 0 radical (unpaired) electrons. The summed E-state index contributed by atoms with van der Waals surface area (Å²) in [5.74, 6) is -1.24. The van der Waals surface area contributed by atoms with Crippen molar-refractivity contribution in [3.8, 4) is 0 Å². The van der Waals surface area contributed by atoms with E-state index < -0.39 is 17.9 Å². The maximum absolute atomic E-state index is 10.5. The van der Waals surface area contributed by atoms with Gasteiger partial charge in [-0.25, -0.2) is 4.79 Å². The molecule has 7 heteroatoms. The zero-order chi connectivity index (χ0) is 10.3. The Balaban J connectivity index is 3.87. The van der Waals surface area contributed by atoms with Crippen molar-refractivity contribution in [3.63, 3.8) is 0 Å². The van der Waals surface area contributed by atoms with Crippen LogP contribution in [0.5, 0.6) is 0 Å². The van der Waals surface area contributed by atoms with E-state index in [2.05, 4.69) is 9.90 Å². The highest BCUT2D eigenvalue weighted by Crippen LogP contribution is 2.05. The van der Waals surface area contributed by atoms with Crippen LogP contribution in [-0.4, -0.2) is 28.8 Å². The molecular formula is C6H10N2O4S. The molecule has 13 heavy (non-hydrogen) atoms. The molecule has 2 N–H and O–H groups in total. The molecule has 0 bridgehead atoms. The molecule has 0 aliphatic heterocycles. The van der Waals surface area contributed by atoms with E-state index in [9.17, 15) is 14.5 Å². The number of nitrogens with one attached hydrogen (secondary N) is 1. The number of nitrogens with zero attached hydrogens (tertiary/aromatic N) is 1. The van der Waals surface area contributed by atoms with E-state index in [0.717, 1.165) is 11.9 Å². The van der Waals surface area contributed by atoms with Gasteiger partial charge in [-0.05, 0) is 6.42 Å². The number of rotatable bonds is 6. The first-order valence-corrected chi connectivity index (χ1v) is 4.46. The first-order valence-electron chi connectivity index (χ1n) is 3.52. The normalized spacial score (nSPS) is 11.8. The second-order valence-electron chi connectivity index (χ2n) is 2.29. The lowest BCUT2D eigenvalue weighted by Crippen LogP contribution is -2.39. The summed E-state index contributed by atoms with van der Waals surface area (Å²) in [6, 6.07) is -0.938. The van der Waals surface area contributed by atoms with Gasteiger partial charge in [0.05, 0.1) is 0 Å². The fourth-order valence-electron chi connectivity index (χ4n) is 0.711. The second kappa shape index (κ2) is 6.41. The number of amides is 1. The Bertz CT molecular complexity index is 209. The van der Waals surface area contributed by atoms with Crippen LogP contribution in [0.2, 0.25) is 0 Å². The number of carbonyl (C=O) groups is 2. The molecule has 0 heterocycles. The lowest BCUT2D eigenvalue weighted by molar-refractivity contribution is -0.141. The van der Waals surface area contributed by atoms with Crippen LogP contribution in [0.25, 0.3) is 0 Å². The predicted molar refractivity (Wildman–Crippen MR) is 48.1 cm³/mol. The van der Waals surface area contributed by atoms with Gasteiger partial charge in [-0.15, -0.1) is 4.91 Å². The van der Waals surface area contributed by atoms with E-state index in [-0.39, 0.29) is 12.2 Å². The van der Waals surface area contributed by atoms with Crippen molar-refractivity contribution in [1.82, 2.24) is 5.32 Å². The van der Waals surface area contributed by atoms with Gasteiger partial charge in [-0.3, -0.25) is 4.79 Å². The minimum absolute atomic E-state index is 0.186. The molecule has 0 aliphatic carbocycles. The molecule has 0 aromatic rings. The topological polar surface area (TPSA) is 95.8 Å². The number of hydrogen-bond acceptors (Lipinski definition) is 5. The molecule has 1 amide bonds. The maximum atomic E-state index is 10.5. The highest BCUT2D eigenvalue weighted by atomic mass is 32.2. The van der Waals surface area contributed by atoms with Crippen molar-refractivity contribution in [2.75, 3.05) is 5.75 Å². The van der Waals surface area contributed by atoms with Gasteiger partial charge in [0.2, 0.25) is 5.91 Å². The van der Waals surface area contributed by atoms with Gasteiger partial charge in [0, 0.05) is 29.2 Å². The van der Waals surface area contributed by atoms with E-state index in [4.69, 9.17) is 5.11 Å². The highest BCUT2D eigenvalue weighted by molar-refractivity contribution is 7.97. The summed E-state index contributed by atoms with van der Waals surface area (Å²) in [7, 11) is 0. The zero-order valence-corrected chi connectivity index (χ0v) is 7.84. The summed E-state index contributed by atoms with van der Waals surface area (Å²) >= 11 is 0.736. The zero-order valence-electron chi connectivity index (χ0n) is 7.02. The van der Waals surface area contributed by atoms with E-state index in [0.29, 0.717) is 0 Å². The molecule has 0 rings (SSSR count). The van der Waals surface area contributed by atoms with Crippen molar-refractivity contribution >= 4 is 23.8 Å². The SMILES string of the molecule is CC(=O)N[C@@H](CCSN=O)C(=O)O. The molecule has 6 nitrogen and oxygen atoms in total. The van der Waals surface area contributed by atoms with Gasteiger partial charge >= 0.3 is 5.97 Å². The van der Waals surface area contributed by atoms with Crippen molar-refractivity contribution < 1.29 is 14.7 Å². The summed E-state index contributed by atoms with van der Waals surface area (Å²) in [6.07, 6.45) is 0.186. The number of aliphatic carboxylic acids is 1. The predicted octanol–water partition coefficient (Wildman–Crippen LogP) is 0.380. The molecule has 0 saturated heterocycles. The van der Waals surface area contributed by atoms with Crippen LogP contribution in [0, 0.1) is 4.91 Å². The number of carbonyl (C=O) groups excluding carboxylic acids is 1. The first kappa shape index (κ1) is 11.9. The van der Waals surface area contributed by atoms with Crippen molar-refractivity contribution in [1.29, 1.82) is 0 Å². The minimum atomic E-state index is -1.11. The molecule has 0 aromatic carbocycles. The Hall–Kier alpha value is -1.11. The molecule has 0 spiro atoms. The lowest BCUT2D eigenvalue weighted by atomic mass is 10.2. The Morgan fingerprint density at radius 2 is 2.23 bits per heavy atom. The van der Waals surface area contributed by atoms with E-state index in [1.54, 1.807) is 0 Å². The minimum Gasteiger partial charge on any atom is -0.480 e. The van der Waals surface area contributed by atoms with Crippen molar-refractivity contribution in [2.24, 2.45) is 4.58 Å². The Morgan fingerprint density at radius 1 is 1.62 bits per heavy atom. The number of nitroso groups, excluding NO2 is 1. The summed E-state index contributed by atoms with van der Waals surface area (Å²) in [6.45, 7) is 1.24. The second-order valence-corrected chi connectivity index (χ2v) is 3.10. The molecule has 0 saturated carbocycles. The van der Waals surface area contributed by atoms with Gasteiger partial charge in [0.25, 0.3) is 0 Å². The monoisotopic (exact) mass is 206 g/mol. The van der Waals surface area contributed by atoms with E-state index in [1.165, 1.54) is 6.92 Å². The number of carboxylic acid groups (broad SMARTS) is 1. The summed E-state index contributed by atoms with van der Waals surface area (Å²) in [5, 5.41) is 10.8. The van der Waals surface area contributed by atoms with Gasteiger partial charge in [0.1, 0.15) is 6.04 Å². The molecule has 0 aliphatic rings. The van der Waals surface area contributed by atoms with Crippen LogP contribution < -0.4 is 5.32 Å². The quantitative estimate of drug-likeness (QED) is 0.372. The van der Waals surface area contributed by atoms with Gasteiger partial charge in [0.15, 0.2) is 0 Å². The fourth-order valence-corrected chi connectivity index (χ4v) is 1.13. The molecular weight excluding hydrogens is 196 g/mol. The van der Waals surface area contributed by atoms with Crippen LogP contribution in [-0.2, 0) is 9.59 Å². The molecule has 0 unspecified atom stereocenters. The fraction of sp³-hybridized carbons (Fsp3) is 0.667. The largest absolute Gasteiger partial charge is 0.480 e. The average molecular weight is 206 g/mol. The Kier molecular flexibility index (Phi) is 5.86. The van der Waals surface area contributed by atoms with Crippen LogP contribution in [0.4, 0.5) is 0 Å². The van der Waals surface area contributed by atoms with Crippen LogP contribution in [0.3, 0.4) is 0 Å². The molecule has 0 aromatic heterocycles. The standard InChI is InChI=1S/C6H10N2O4S/c1-4(9)7-5(6(10)11)2-3-13-8-12/h5H,2-3H2,1H3,(H,7,9)(H,10,11)/t5-/m0/s1. The summed E-state index contributed by atoms with van der Waals surface area (Å²) in [5.41, 5.74) is 0. The summed E-state index contributed by atoms with van der Waals surface area (Å²) < 4.78 is 2.51. The number of hydrogen-bond donors (Lipinski definition) is 2. The van der Waals surface area contributed by atoms with Gasteiger partial charge < -0.3 is 10.4 Å². The Labute approximate surface area is 79.2 Å². The maximum Gasteiger partial charge on any atom is 0.326 e. The average Bonchev–Trinajstić information content (AvgIpc) is 2.02. The third kappa shape index (κ3) is 6.09. The third-order valence-electron chi connectivity index (χ3n) is 1.23. The molecule has 74 valence electrons.